The van der Waals surface area contributed by atoms with E-state index in [1.165, 1.54) is 0 Å². The maximum absolute atomic E-state index is 11.3. The van der Waals surface area contributed by atoms with E-state index in [0.29, 0.717) is 6.54 Å². The number of unbranched alkanes of at least 4 members (excludes halogenated alkanes) is 3. The molecule has 0 saturated heterocycles. The lowest BCUT2D eigenvalue weighted by atomic mass is 10.2. The smallest absolute Gasteiger partial charge is 0.407 e. The van der Waals surface area contributed by atoms with Crippen molar-refractivity contribution in [3.05, 3.63) is 0 Å². The summed E-state index contributed by atoms with van der Waals surface area (Å²) in [7, 11) is 0. The Kier molecular flexibility index (Phi) is 9.69. The number of rotatable bonds is 9. The van der Waals surface area contributed by atoms with E-state index in [4.69, 9.17) is 9.84 Å². The fraction of sp³-hybridized carbons (Fsp3) is 0.923. The number of alkyl carbamates (subject to hydrolysis) is 1. The number of carbonyl (C=O) groups is 1. The third kappa shape index (κ3) is 13.3. The lowest BCUT2D eigenvalue weighted by molar-refractivity contribution is 0.0528. The van der Waals surface area contributed by atoms with Gasteiger partial charge in [0, 0.05) is 19.7 Å². The number of amides is 1. The molecule has 0 aliphatic rings. The van der Waals surface area contributed by atoms with E-state index in [2.05, 4.69) is 10.6 Å². The first-order chi connectivity index (χ1) is 8.45. The number of aliphatic hydroxyl groups excluding tert-OH is 1. The van der Waals surface area contributed by atoms with Gasteiger partial charge in [-0.25, -0.2) is 4.79 Å². The average molecular weight is 260 g/mol. The van der Waals surface area contributed by atoms with Crippen LogP contribution in [0.4, 0.5) is 4.79 Å². The number of nitrogens with one attached hydrogen (secondary N) is 2. The predicted octanol–water partition coefficient (Wildman–Crippen LogP) is 1.65. The second-order valence-corrected chi connectivity index (χ2v) is 5.32. The van der Waals surface area contributed by atoms with E-state index in [9.17, 15) is 4.79 Å². The van der Waals surface area contributed by atoms with Gasteiger partial charge in [-0.05, 0) is 40.2 Å². The van der Waals surface area contributed by atoms with Crippen molar-refractivity contribution in [2.45, 2.75) is 52.1 Å². The zero-order chi connectivity index (χ0) is 13.9. The minimum absolute atomic E-state index is 0.285. The molecule has 1 amide bonds. The van der Waals surface area contributed by atoms with Crippen LogP contribution in [-0.2, 0) is 4.74 Å². The Morgan fingerprint density at radius 1 is 1.06 bits per heavy atom. The van der Waals surface area contributed by atoms with Gasteiger partial charge in [-0.1, -0.05) is 12.8 Å². The maximum atomic E-state index is 11.3. The highest BCUT2D eigenvalue weighted by molar-refractivity contribution is 5.67. The molecule has 0 radical (unpaired) electrons. The Bertz CT molecular complexity index is 215. The van der Waals surface area contributed by atoms with Gasteiger partial charge in [0.2, 0.25) is 0 Å². The third-order valence-corrected chi connectivity index (χ3v) is 2.23. The van der Waals surface area contributed by atoms with Crippen molar-refractivity contribution in [3.63, 3.8) is 0 Å². The molecule has 3 N–H and O–H groups in total. The topological polar surface area (TPSA) is 70.6 Å². The van der Waals surface area contributed by atoms with E-state index >= 15 is 0 Å². The number of carbonyl (C=O) groups excluding carboxylic acids is 1. The van der Waals surface area contributed by atoms with Crippen LogP contribution in [0.5, 0.6) is 0 Å². The molecule has 0 aromatic heterocycles. The minimum atomic E-state index is -0.440. The van der Waals surface area contributed by atoms with Crippen molar-refractivity contribution in [1.29, 1.82) is 0 Å². The van der Waals surface area contributed by atoms with E-state index in [1.54, 1.807) is 0 Å². The Morgan fingerprint density at radius 2 is 1.72 bits per heavy atom. The molecular weight excluding hydrogens is 232 g/mol. The minimum Gasteiger partial charge on any atom is -0.444 e. The van der Waals surface area contributed by atoms with Crippen LogP contribution in [0, 0.1) is 0 Å². The Hall–Kier alpha value is -0.810. The second-order valence-electron chi connectivity index (χ2n) is 5.32. The molecular formula is C13H28N2O3. The van der Waals surface area contributed by atoms with Crippen LogP contribution < -0.4 is 10.6 Å². The molecule has 0 spiro atoms. The quantitative estimate of drug-likeness (QED) is 0.551. The normalized spacial score (nSPS) is 11.3. The Balaban J connectivity index is 3.23. The molecule has 18 heavy (non-hydrogen) atoms. The molecule has 0 heterocycles. The van der Waals surface area contributed by atoms with Gasteiger partial charge in [0.15, 0.2) is 0 Å². The van der Waals surface area contributed by atoms with Crippen molar-refractivity contribution in [2.24, 2.45) is 0 Å². The first-order valence-corrected chi connectivity index (χ1v) is 6.74. The fourth-order valence-corrected chi connectivity index (χ4v) is 1.41. The summed E-state index contributed by atoms with van der Waals surface area (Å²) in [6, 6.07) is 0. The van der Waals surface area contributed by atoms with Crippen LogP contribution in [0.25, 0.3) is 0 Å². The van der Waals surface area contributed by atoms with Crippen LogP contribution >= 0.6 is 0 Å². The zero-order valence-corrected chi connectivity index (χ0v) is 11.9. The van der Waals surface area contributed by atoms with Crippen LogP contribution in [0.2, 0.25) is 0 Å². The lowest BCUT2D eigenvalue weighted by Gasteiger charge is -2.19. The number of hydrogen-bond donors (Lipinski definition) is 3. The van der Waals surface area contributed by atoms with Crippen molar-refractivity contribution >= 4 is 6.09 Å². The molecule has 5 heteroatoms. The van der Waals surface area contributed by atoms with Crippen LogP contribution in [0.3, 0.4) is 0 Å². The number of aliphatic hydroxyl groups is 1. The highest BCUT2D eigenvalue weighted by Crippen LogP contribution is 2.05. The summed E-state index contributed by atoms with van der Waals surface area (Å²) in [6.45, 7) is 8.09. The summed E-state index contributed by atoms with van der Waals surface area (Å²) in [6.07, 6.45) is 3.83. The van der Waals surface area contributed by atoms with E-state index in [-0.39, 0.29) is 12.7 Å². The molecule has 0 aliphatic heterocycles. The Labute approximate surface area is 110 Å². The monoisotopic (exact) mass is 260 g/mol. The van der Waals surface area contributed by atoms with Crippen molar-refractivity contribution < 1.29 is 14.6 Å². The van der Waals surface area contributed by atoms with Gasteiger partial charge >= 0.3 is 6.09 Å². The van der Waals surface area contributed by atoms with E-state index in [1.807, 2.05) is 20.8 Å². The summed E-state index contributed by atoms with van der Waals surface area (Å²) in [5.74, 6) is 0. The molecule has 0 aromatic carbocycles. The highest BCUT2D eigenvalue weighted by atomic mass is 16.6. The van der Waals surface area contributed by atoms with Crippen molar-refractivity contribution in [1.82, 2.24) is 10.6 Å². The van der Waals surface area contributed by atoms with Gasteiger partial charge in [0.05, 0.1) is 0 Å². The van der Waals surface area contributed by atoms with E-state index < -0.39 is 5.60 Å². The fourth-order valence-electron chi connectivity index (χ4n) is 1.41. The summed E-state index contributed by atoms with van der Waals surface area (Å²) in [5, 5.41) is 14.5. The molecule has 108 valence electrons. The molecule has 0 bridgehead atoms. The predicted molar refractivity (Wildman–Crippen MR) is 72.7 cm³/mol. The molecule has 0 fully saturated rings. The van der Waals surface area contributed by atoms with Gasteiger partial charge < -0.3 is 20.5 Å². The molecule has 5 nitrogen and oxygen atoms in total. The summed E-state index contributed by atoms with van der Waals surface area (Å²) in [5.41, 5.74) is -0.440. The van der Waals surface area contributed by atoms with Gasteiger partial charge in [0.25, 0.3) is 0 Å². The molecule has 0 saturated carbocycles. The Morgan fingerprint density at radius 3 is 2.33 bits per heavy atom. The summed E-state index contributed by atoms with van der Waals surface area (Å²) < 4.78 is 5.11. The van der Waals surface area contributed by atoms with Crippen LogP contribution in [0.15, 0.2) is 0 Å². The van der Waals surface area contributed by atoms with Gasteiger partial charge in [-0.2, -0.15) is 0 Å². The second kappa shape index (κ2) is 10.1. The van der Waals surface area contributed by atoms with E-state index in [0.717, 1.165) is 38.8 Å². The first kappa shape index (κ1) is 17.2. The van der Waals surface area contributed by atoms with Crippen LogP contribution in [0.1, 0.15) is 46.5 Å². The maximum Gasteiger partial charge on any atom is 0.407 e. The van der Waals surface area contributed by atoms with Crippen molar-refractivity contribution in [3.8, 4) is 0 Å². The third-order valence-electron chi connectivity index (χ3n) is 2.23. The summed E-state index contributed by atoms with van der Waals surface area (Å²) >= 11 is 0. The van der Waals surface area contributed by atoms with Gasteiger partial charge in [-0.3, -0.25) is 0 Å². The molecule has 0 aliphatic carbocycles. The molecule has 0 rings (SSSR count). The number of hydrogen-bond acceptors (Lipinski definition) is 4. The molecule has 0 atom stereocenters. The van der Waals surface area contributed by atoms with Crippen molar-refractivity contribution in [2.75, 3.05) is 26.2 Å². The SMILES string of the molecule is CC(C)(C)OC(=O)NCCNCCCCCCO. The van der Waals surface area contributed by atoms with Gasteiger partial charge in [0.1, 0.15) is 5.60 Å². The average Bonchev–Trinajstić information content (AvgIpc) is 2.24. The zero-order valence-electron chi connectivity index (χ0n) is 11.9. The standard InChI is InChI=1S/C13H28N2O3/c1-13(2,3)18-12(17)15-10-9-14-8-6-4-5-7-11-16/h14,16H,4-11H2,1-3H3,(H,15,17). The van der Waals surface area contributed by atoms with Gasteiger partial charge in [-0.15, -0.1) is 0 Å². The highest BCUT2D eigenvalue weighted by Gasteiger charge is 2.15. The lowest BCUT2D eigenvalue weighted by Crippen LogP contribution is -2.36. The summed E-state index contributed by atoms with van der Waals surface area (Å²) in [4.78, 5) is 11.3. The number of ether oxygens (including phenoxy) is 1. The molecule has 0 unspecified atom stereocenters. The largest absolute Gasteiger partial charge is 0.444 e. The first-order valence-electron chi connectivity index (χ1n) is 6.74. The molecule has 0 aromatic rings. The van der Waals surface area contributed by atoms with Crippen LogP contribution in [-0.4, -0.2) is 43.0 Å².